The molecular formula is C13H18N4O4. The van der Waals surface area contributed by atoms with Crippen molar-refractivity contribution in [3.8, 4) is 0 Å². The molecule has 0 saturated carbocycles. The van der Waals surface area contributed by atoms with E-state index >= 15 is 0 Å². The van der Waals surface area contributed by atoms with Crippen LogP contribution in [0.4, 0.5) is 22.0 Å². The molecule has 8 heteroatoms. The number of nitrogens with zero attached hydrogens (tertiary/aromatic N) is 3. The molecule has 1 aromatic heterocycles. The van der Waals surface area contributed by atoms with E-state index in [1.807, 2.05) is 0 Å². The Morgan fingerprint density at radius 1 is 1.67 bits per heavy atom. The molecule has 1 rings (SSSR count). The number of ether oxygens (including phenoxy) is 1. The molecule has 0 bridgehead atoms. The molecule has 0 unspecified atom stereocenters. The summed E-state index contributed by atoms with van der Waals surface area (Å²) in [5.74, 6) is -0.229. The Hall–Kier alpha value is -2.64. The molecule has 0 spiro atoms. The lowest BCUT2D eigenvalue weighted by Crippen LogP contribution is -2.28. The van der Waals surface area contributed by atoms with Crippen molar-refractivity contribution in [1.82, 2.24) is 4.98 Å². The zero-order valence-electron chi connectivity index (χ0n) is 12.0. The van der Waals surface area contributed by atoms with E-state index in [1.54, 1.807) is 13.0 Å². The monoisotopic (exact) mass is 294 g/mol. The van der Waals surface area contributed by atoms with E-state index in [9.17, 15) is 14.9 Å². The normalized spacial score (nSPS) is 10.0. The van der Waals surface area contributed by atoms with Gasteiger partial charge in [-0.15, -0.1) is 6.58 Å². The van der Waals surface area contributed by atoms with Gasteiger partial charge in [-0.2, -0.15) is 0 Å². The van der Waals surface area contributed by atoms with Crippen molar-refractivity contribution in [2.24, 2.45) is 0 Å². The highest BCUT2D eigenvalue weighted by atomic mass is 16.6. The number of amides is 1. The van der Waals surface area contributed by atoms with Crippen LogP contribution in [-0.4, -0.2) is 29.7 Å². The lowest BCUT2D eigenvalue weighted by atomic mass is 10.2. The van der Waals surface area contributed by atoms with Gasteiger partial charge in [-0.25, -0.2) is 9.78 Å². The minimum atomic E-state index is -0.694. The highest BCUT2D eigenvalue weighted by Crippen LogP contribution is 2.33. The number of aromatic nitrogens is 1. The minimum Gasteiger partial charge on any atom is -0.449 e. The van der Waals surface area contributed by atoms with Crippen LogP contribution in [-0.2, 0) is 11.2 Å². The molecule has 0 aliphatic rings. The minimum absolute atomic E-state index is 0.0602. The van der Waals surface area contributed by atoms with Gasteiger partial charge in [-0.1, -0.05) is 6.08 Å². The summed E-state index contributed by atoms with van der Waals surface area (Å²) in [4.78, 5) is 27.3. The van der Waals surface area contributed by atoms with Gasteiger partial charge in [0.15, 0.2) is 0 Å². The topological polar surface area (TPSA) is 112 Å². The number of nitro groups is 1. The fourth-order valence-electron chi connectivity index (χ4n) is 1.74. The van der Waals surface area contributed by atoms with Gasteiger partial charge in [0.25, 0.3) is 0 Å². The smallest absolute Gasteiger partial charge is 0.414 e. The first kappa shape index (κ1) is 16.4. The van der Waals surface area contributed by atoms with Gasteiger partial charge in [0.05, 0.1) is 11.5 Å². The summed E-state index contributed by atoms with van der Waals surface area (Å²) in [6.07, 6.45) is 2.18. The van der Waals surface area contributed by atoms with Crippen LogP contribution in [0.2, 0.25) is 0 Å². The Morgan fingerprint density at radius 3 is 2.86 bits per heavy atom. The molecule has 0 atom stereocenters. The maximum Gasteiger partial charge on any atom is 0.414 e. The lowest BCUT2D eigenvalue weighted by molar-refractivity contribution is -0.383. The number of hydrogen-bond donors (Lipinski definition) is 1. The molecule has 0 saturated heterocycles. The summed E-state index contributed by atoms with van der Waals surface area (Å²) in [6, 6.07) is 1.47. The van der Waals surface area contributed by atoms with E-state index in [2.05, 4.69) is 11.6 Å². The standard InChI is InChI=1S/C13H18N4O4/c1-4-6-7-9-8-10(16(3)13(18)21-5-2)11(17(19)20)12(14)15-9/h4,8H,1,5-7H2,2-3H3,(H2,14,15). The largest absolute Gasteiger partial charge is 0.449 e. The van der Waals surface area contributed by atoms with E-state index in [1.165, 1.54) is 13.1 Å². The van der Waals surface area contributed by atoms with Crippen LogP contribution in [0.1, 0.15) is 19.0 Å². The summed E-state index contributed by atoms with van der Waals surface area (Å²) >= 11 is 0. The Morgan fingerprint density at radius 2 is 2.33 bits per heavy atom. The maximum atomic E-state index is 11.8. The molecule has 1 amide bonds. The first-order chi connectivity index (χ1) is 9.92. The second-order valence-corrected chi connectivity index (χ2v) is 4.21. The van der Waals surface area contributed by atoms with Gasteiger partial charge in [0.2, 0.25) is 5.82 Å². The van der Waals surface area contributed by atoms with Crippen LogP contribution in [0.5, 0.6) is 0 Å². The van der Waals surface area contributed by atoms with Crippen molar-refractivity contribution in [1.29, 1.82) is 0 Å². The molecule has 0 aromatic carbocycles. The van der Waals surface area contributed by atoms with Gasteiger partial charge >= 0.3 is 11.8 Å². The molecule has 8 nitrogen and oxygen atoms in total. The Balaban J connectivity index is 3.30. The SMILES string of the molecule is C=CCCc1cc(N(C)C(=O)OCC)c([N+](=O)[O-])c(N)n1. The summed E-state index contributed by atoms with van der Waals surface area (Å²) in [5, 5.41) is 11.1. The van der Waals surface area contributed by atoms with Gasteiger partial charge in [0.1, 0.15) is 5.69 Å². The highest BCUT2D eigenvalue weighted by Gasteiger charge is 2.27. The summed E-state index contributed by atoms with van der Waals surface area (Å²) in [6.45, 7) is 5.42. The number of carbonyl (C=O) groups is 1. The molecule has 0 radical (unpaired) electrons. The Bertz CT molecular complexity index is 559. The number of hydrogen-bond acceptors (Lipinski definition) is 6. The first-order valence-electron chi connectivity index (χ1n) is 6.37. The third-order valence-corrected chi connectivity index (χ3v) is 2.74. The van der Waals surface area contributed by atoms with Gasteiger partial charge in [0, 0.05) is 12.7 Å². The van der Waals surface area contributed by atoms with Crippen molar-refractivity contribution < 1.29 is 14.5 Å². The van der Waals surface area contributed by atoms with Crippen LogP contribution < -0.4 is 10.6 Å². The molecule has 0 aliphatic heterocycles. The molecule has 1 heterocycles. The third-order valence-electron chi connectivity index (χ3n) is 2.74. The van der Waals surface area contributed by atoms with Crippen LogP contribution in [0.25, 0.3) is 0 Å². The molecule has 0 fully saturated rings. The van der Waals surface area contributed by atoms with E-state index in [4.69, 9.17) is 10.5 Å². The maximum absolute atomic E-state index is 11.8. The zero-order chi connectivity index (χ0) is 16.0. The van der Waals surface area contributed by atoms with Crippen LogP contribution >= 0.6 is 0 Å². The number of nitrogen functional groups attached to an aromatic ring is 1. The first-order valence-corrected chi connectivity index (χ1v) is 6.37. The second-order valence-electron chi connectivity index (χ2n) is 4.21. The van der Waals surface area contributed by atoms with E-state index in [0.717, 1.165) is 4.90 Å². The van der Waals surface area contributed by atoms with E-state index in [-0.39, 0.29) is 18.1 Å². The summed E-state index contributed by atoms with van der Waals surface area (Å²) in [5.41, 5.74) is 5.85. The molecule has 1 aromatic rings. The quantitative estimate of drug-likeness (QED) is 0.489. The summed E-state index contributed by atoms with van der Waals surface area (Å²) in [7, 11) is 1.39. The number of anilines is 2. The molecule has 21 heavy (non-hydrogen) atoms. The highest BCUT2D eigenvalue weighted by molar-refractivity contribution is 5.92. The molecule has 2 N–H and O–H groups in total. The average molecular weight is 294 g/mol. The summed E-state index contributed by atoms with van der Waals surface area (Å²) < 4.78 is 4.84. The fraction of sp³-hybridized carbons (Fsp3) is 0.385. The van der Waals surface area contributed by atoms with Gasteiger partial charge in [-0.05, 0) is 25.8 Å². The fourth-order valence-corrected chi connectivity index (χ4v) is 1.74. The van der Waals surface area contributed by atoms with Crippen LogP contribution in [0.15, 0.2) is 18.7 Å². The van der Waals surface area contributed by atoms with Crippen molar-refractivity contribution in [3.63, 3.8) is 0 Å². The van der Waals surface area contributed by atoms with E-state index < -0.39 is 16.7 Å². The molecular weight excluding hydrogens is 276 g/mol. The Kier molecular flexibility index (Phi) is 5.65. The van der Waals surface area contributed by atoms with Gasteiger partial charge < -0.3 is 10.5 Å². The predicted octanol–water partition coefficient (Wildman–Crippen LogP) is 2.28. The number of carbonyl (C=O) groups excluding carboxylic acids is 1. The molecule has 0 aliphatic carbocycles. The number of allylic oxidation sites excluding steroid dienone is 1. The van der Waals surface area contributed by atoms with Crippen molar-refractivity contribution >= 4 is 23.3 Å². The predicted molar refractivity (Wildman–Crippen MR) is 79.2 cm³/mol. The zero-order valence-corrected chi connectivity index (χ0v) is 12.0. The van der Waals surface area contributed by atoms with Crippen LogP contribution in [0.3, 0.4) is 0 Å². The second kappa shape index (κ2) is 7.22. The number of pyridine rings is 1. The van der Waals surface area contributed by atoms with Crippen molar-refractivity contribution in [3.05, 3.63) is 34.5 Å². The lowest BCUT2D eigenvalue weighted by Gasteiger charge is -2.17. The number of rotatable bonds is 6. The van der Waals surface area contributed by atoms with Crippen LogP contribution in [0, 0.1) is 10.1 Å². The van der Waals surface area contributed by atoms with Gasteiger partial charge in [-0.3, -0.25) is 15.0 Å². The van der Waals surface area contributed by atoms with E-state index in [0.29, 0.717) is 18.5 Å². The average Bonchev–Trinajstić information content (AvgIpc) is 2.43. The number of aryl methyl sites for hydroxylation is 1. The van der Waals surface area contributed by atoms with Crippen molar-refractivity contribution in [2.75, 3.05) is 24.3 Å². The van der Waals surface area contributed by atoms with Crippen molar-refractivity contribution in [2.45, 2.75) is 19.8 Å². The third kappa shape index (κ3) is 3.91. The Labute approximate surface area is 122 Å². The molecule has 114 valence electrons. The number of nitrogens with two attached hydrogens (primary N) is 1.